The van der Waals surface area contributed by atoms with Crippen LogP contribution in [0.25, 0.3) is 0 Å². The van der Waals surface area contributed by atoms with Crippen molar-refractivity contribution in [3.05, 3.63) is 59.4 Å². The zero-order valence-corrected chi connectivity index (χ0v) is 15.4. The Labute approximate surface area is 155 Å². The Balaban J connectivity index is 2.18. The maximum absolute atomic E-state index is 16.1. The van der Waals surface area contributed by atoms with Gasteiger partial charge in [0, 0.05) is 11.1 Å². The number of amides is 2. The van der Waals surface area contributed by atoms with Crippen LogP contribution in [-0.4, -0.2) is 24.7 Å². The predicted octanol–water partition coefficient (Wildman–Crippen LogP) is 4.33. The van der Waals surface area contributed by atoms with Crippen molar-refractivity contribution >= 4 is 17.7 Å². The monoisotopic (exact) mass is 375 g/mol. The standard InChI is InChI=1S/C20H19F2NO4/c1-19(2,3)27-18(25)23-16-10-9-14(26-4)11-15(16)20(22,17(23)24)12-5-7-13(21)8-6-12/h5-11H,1-4H3/t20-/m0/s1. The van der Waals surface area contributed by atoms with Crippen molar-refractivity contribution in [2.24, 2.45) is 0 Å². The molecule has 0 aliphatic carbocycles. The summed E-state index contributed by atoms with van der Waals surface area (Å²) in [7, 11) is 1.40. The summed E-state index contributed by atoms with van der Waals surface area (Å²) in [5.41, 5.74) is -3.64. The van der Waals surface area contributed by atoms with E-state index in [9.17, 15) is 14.0 Å². The zero-order valence-electron chi connectivity index (χ0n) is 15.4. The molecule has 1 heterocycles. The van der Waals surface area contributed by atoms with E-state index in [0.29, 0.717) is 10.6 Å². The summed E-state index contributed by atoms with van der Waals surface area (Å²) in [5, 5.41) is 0. The lowest BCUT2D eigenvalue weighted by Gasteiger charge is -2.24. The molecule has 1 atom stereocenters. The average Bonchev–Trinajstić information content (AvgIpc) is 2.82. The first-order chi connectivity index (χ1) is 12.6. The van der Waals surface area contributed by atoms with E-state index in [0.717, 1.165) is 12.1 Å². The third kappa shape index (κ3) is 3.13. The molecule has 27 heavy (non-hydrogen) atoms. The van der Waals surface area contributed by atoms with Gasteiger partial charge in [0.05, 0.1) is 12.8 Å². The van der Waals surface area contributed by atoms with Crippen LogP contribution in [0.3, 0.4) is 0 Å². The molecule has 2 amide bonds. The largest absolute Gasteiger partial charge is 0.497 e. The van der Waals surface area contributed by atoms with Crippen LogP contribution in [0, 0.1) is 5.82 Å². The minimum atomic E-state index is -2.67. The molecular weight excluding hydrogens is 356 g/mol. The third-order valence-electron chi connectivity index (χ3n) is 4.13. The molecule has 5 nitrogen and oxygen atoms in total. The molecule has 7 heteroatoms. The smallest absolute Gasteiger partial charge is 0.421 e. The fourth-order valence-corrected chi connectivity index (χ4v) is 2.94. The summed E-state index contributed by atoms with van der Waals surface area (Å²) in [6.45, 7) is 4.93. The van der Waals surface area contributed by atoms with Crippen LogP contribution >= 0.6 is 0 Å². The Morgan fingerprint density at radius 3 is 2.30 bits per heavy atom. The molecule has 142 valence electrons. The minimum Gasteiger partial charge on any atom is -0.497 e. The lowest BCUT2D eigenvalue weighted by molar-refractivity contribution is -0.126. The van der Waals surface area contributed by atoms with Gasteiger partial charge in [0.15, 0.2) is 0 Å². The van der Waals surface area contributed by atoms with Gasteiger partial charge < -0.3 is 9.47 Å². The van der Waals surface area contributed by atoms with Gasteiger partial charge in [0.25, 0.3) is 5.91 Å². The molecule has 2 aromatic carbocycles. The Bertz CT molecular complexity index is 905. The fraction of sp³-hybridized carbons (Fsp3) is 0.300. The van der Waals surface area contributed by atoms with Gasteiger partial charge in [-0.1, -0.05) is 12.1 Å². The quantitative estimate of drug-likeness (QED) is 0.784. The maximum Gasteiger partial charge on any atom is 0.421 e. The number of anilines is 1. The molecule has 0 N–H and O–H groups in total. The number of fused-ring (bicyclic) bond motifs is 1. The second-order valence-corrected chi connectivity index (χ2v) is 7.17. The Hall–Kier alpha value is -2.96. The zero-order chi connectivity index (χ0) is 20.0. The first kappa shape index (κ1) is 18.8. The van der Waals surface area contributed by atoms with E-state index >= 15 is 4.39 Å². The highest BCUT2D eigenvalue weighted by Gasteiger charge is 2.56. The van der Waals surface area contributed by atoms with E-state index in [1.807, 2.05) is 0 Å². The highest BCUT2D eigenvalue weighted by atomic mass is 19.1. The molecule has 0 radical (unpaired) electrons. The van der Waals surface area contributed by atoms with E-state index in [1.54, 1.807) is 20.8 Å². The fourth-order valence-electron chi connectivity index (χ4n) is 2.94. The number of nitrogens with zero attached hydrogens (tertiary/aromatic N) is 1. The Morgan fingerprint density at radius 2 is 1.74 bits per heavy atom. The molecule has 0 unspecified atom stereocenters. The van der Waals surface area contributed by atoms with Crippen LogP contribution in [0.4, 0.5) is 19.3 Å². The lowest BCUT2D eigenvalue weighted by atomic mass is 9.89. The summed E-state index contributed by atoms with van der Waals surface area (Å²) < 4.78 is 39.8. The number of carbonyl (C=O) groups excluding carboxylic acids is 2. The number of hydrogen-bond acceptors (Lipinski definition) is 4. The van der Waals surface area contributed by atoms with Gasteiger partial charge in [-0.3, -0.25) is 4.79 Å². The topological polar surface area (TPSA) is 55.8 Å². The summed E-state index contributed by atoms with van der Waals surface area (Å²) in [5.74, 6) is -1.37. The number of halogens is 2. The average molecular weight is 375 g/mol. The molecule has 1 aliphatic rings. The van der Waals surface area contributed by atoms with E-state index in [-0.39, 0.29) is 16.8 Å². The van der Waals surface area contributed by atoms with E-state index in [1.165, 1.54) is 37.4 Å². The van der Waals surface area contributed by atoms with Gasteiger partial charge >= 0.3 is 6.09 Å². The van der Waals surface area contributed by atoms with E-state index < -0.39 is 29.1 Å². The molecule has 0 saturated heterocycles. The lowest BCUT2D eigenvalue weighted by Crippen LogP contribution is -2.44. The van der Waals surface area contributed by atoms with Crippen LogP contribution in [-0.2, 0) is 15.2 Å². The van der Waals surface area contributed by atoms with Crippen molar-refractivity contribution in [3.8, 4) is 5.75 Å². The number of imide groups is 1. The SMILES string of the molecule is COc1ccc2c(c1)[C@@](F)(c1ccc(F)cc1)C(=O)N2C(=O)OC(C)(C)C. The van der Waals surface area contributed by atoms with Crippen LogP contribution in [0.1, 0.15) is 31.9 Å². The molecule has 0 fully saturated rings. The summed E-state index contributed by atoms with van der Waals surface area (Å²) in [4.78, 5) is 26.3. The van der Waals surface area contributed by atoms with Gasteiger partial charge in [-0.2, -0.15) is 0 Å². The van der Waals surface area contributed by atoms with Crippen molar-refractivity contribution in [3.63, 3.8) is 0 Å². The number of alkyl halides is 1. The third-order valence-corrected chi connectivity index (χ3v) is 4.13. The molecule has 3 rings (SSSR count). The summed E-state index contributed by atoms with van der Waals surface area (Å²) in [6, 6.07) is 8.74. The predicted molar refractivity (Wildman–Crippen MR) is 95.0 cm³/mol. The highest BCUT2D eigenvalue weighted by Crippen LogP contribution is 2.49. The molecule has 0 bridgehead atoms. The maximum atomic E-state index is 16.1. The second kappa shape index (κ2) is 6.33. The molecule has 1 aliphatic heterocycles. The Morgan fingerprint density at radius 1 is 1.11 bits per heavy atom. The second-order valence-electron chi connectivity index (χ2n) is 7.17. The van der Waals surface area contributed by atoms with Gasteiger partial charge in [0.2, 0.25) is 5.67 Å². The number of methoxy groups -OCH3 is 1. The van der Waals surface area contributed by atoms with Gasteiger partial charge in [-0.15, -0.1) is 0 Å². The molecule has 0 saturated carbocycles. The number of ether oxygens (including phenoxy) is 2. The van der Waals surface area contributed by atoms with Gasteiger partial charge in [0.1, 0.15) is 17.2 Å². The van der Waals surface area contributed by atoms with Gasteiger partial charge in [-0.05, 0) is 51.1 Å². The summed E-state index contributed by atoms with van der Waals surface area (Å²) in [6.07, 6.45) is -0.986. The Kier molecular flexibility index (Phi) is 4.41. The number of carbonyl (C=O) groups is 2. The minimum absolute atomic E-state index is 0.0573. The van der Waals surface area contributed by atoms with Crippen molar-refractivity contribution < 1.29 is 27.8 Å². The number of hydrogen-bond donors (Lipinski definition) is 0. The molecular formula is C20H19F2NO4. The number of benzene rings is 2. The van der Waals surface area contributed by atoms with E-state index in [2.05, 4.69) is 0 Å². The number of rotatable bonds is 2. The van der Waals surface area contributed by atoms with Gasteiger partial charge in [-0.25, -0.2) is 18.5 Å². The van der Waals surface area contributed by atoms with Crippen molar-refractivity contribution in [2.75, 3.05) is 12.0 Å². The summed E-state index contributed by atoms with van der Waals surface area (Å²) >= 11 is 0. The molecule has 0 aromatic heterocycles. The normalized spacial score (nSPS) is 19.0. The molecule has 2 aromatic rings. The van der Waals surface area contributed by atoms with Crippen molar-refractivity contribution in [1.82, 2.24) is 0 Å². The van der Waals surface area contributed by atoms with Crippen LogP contribution in [0.2, 0.25) is 0 Å². The van der Waals surface area contributed by atoms with Crippen LogP contribution in [0.5, 0.6) is 5.75 Å². The van der Waals surface area contributed by atoms with Crippen molar-refractivity contribution in [2.45, 2.75) is 32.0 Å². The van der Waals surface area contributed by atoms with E-state index in [4.69, 9.17) is 9.47 Å². The molecule has 0 spiro atoms. The first-order valence-corrected chi connectivity index (χ1v) is 8.29. The first-order valence-electron chi connectivity index (χ1n) is 8.29. The van der Waals surface area contributed by atoms with Crippen LogP contribution < -0.4 is 9.64 Å². The van der Waals surface area contributed by atoms with Crippen molar-refractivity contribution in [1.29, 1.82) is 0 Å². The van der Waals surface area contributed by atoms with Crippen LogP contribution in [0.15, 0.2) is 42.5 Å². The highest BCUT2D eigenvalue weighted by molar-refractivity contribution is 6.21.